The molecular weight excluding hydrogens is 278 g/mol. The summed E-state index contributed by atoms with van der Waals surface area (Å²) in [5.74, 6) is 1.65. The molecule has 0 aromatic heterocycles. The number of ether oxygens (including phenoxy) is 2. The smallest absolute Gasteiger partial charge is 0.257 e. The van der Waals surface area contributed by atoms with Gasteiger partial charge in [0.1, 0.15) is 11.5 Å². The Bertz CT molecular complexity index is 486. The van der Waals surface area contributed by atoms with Gasteiger partial charge in [0.25, 0.3) is 5.91 Å². The van der Waals surface area contributed by atoms with Crippen LogP contribution in [0, 0.1) is 5.92 Å². The lowest BCUT2D eigenvalue weighted by molar-refractivity contribution is 0.0743. The summed E-state index contributed by atoms with van der Waals surface area (Å²) < 4.78 is 10.4. The van der Waals surface area contributed by atoms with Crippen molar-refractivity contribution in [3.8, 4) is 11.5 Å². The molecular formula is C15H20ClNO3. The highest BCUT2D eigenvalue weighted by atomic mass is 35.5. The molecule has 1 saturated carbocycles. The van der Waals surface area contributed by atoms with E-state index >= 15 is 0 Å². The highest BCUT2D eigenvalue weighted by Gasteiger charge is 2.30. The third-order valence-electron chi connectivity index (χ3n) is 3.69. The van der Waals surface area contributed by atoms with Crippen LogP contribution in [-0.4, -0.2) is 44.0 Å². The maximum atomic E-state index is 12.5. The van der Waals surface area contributed by atoms with Gasteiger partial charge in [-0.2, -0.15) is 0 Å². The van der Waals surface area contributed by atoms with Crippen molar-refractivity contribution in [2.75, 3.05) is 27.8 Å². The second-order valence-electron chi connectivity index (χ2n) is 5.19. The molecule has 1 aromatic rings. The third-order valence-corrected chi connectivity index (χ3v) is 4.05. The van der Waals surface area contributed by atoms with E-state index in [1.54, 1.807) is 37.3 Å². The quantitative estimate of drug-likeness (QED) is 0.785. The van der Waals surface area contributed by atoms with Gasteiger partial charge in [-0.3, -0.25) is 4.79 Å². The number of carbonyl (C=O) groups excluding carboxylic acids is 1. The van der Waals surface area contributed by atoms with Crippen molar-refractivity contribution in [3.63, 3.8) is 0 Å². The second-order valence-corrected chi connectivity index (χ2v) is 5.80. The molecule has 0 radical (unpaired) electrons. The molecule has 4 nitrogen and oxygen atoms in total. The van der Waals surface area contributed by atoms with Crippen LogP contribution < -0.4 is 9.47 Å². The van der Waals surface area contributed by atoms with E-state index in [0.717, 1.165) is 19.4 Å². The lowest BCUT2D eigenvalue weighted by Crippen LogP contribution is -2.38. The van der Waals surface area contributed by atoms with Crippen LogP contribution in [0.3, 0.4) is 0 Å². The molecule has 1 aliphatic carbocycles. The van der Waals surface area contributed by atoms with Gasteiger partial charge in [-0.25, -0.2) is 0 Å². The monoisotopic (exact) mass is 297 g/mol. The van der Waals surface area contributed by atoms with Crippen molar-refractivity contribution in [3.05, 3.63) is 23.8 Å². The summed E-state index contributed by atoms with van der Waals surface area (Å²) >= 11 is 5.97. The van der Waals surface area contributed by atoms with Gasteiger partial charge in [-0.15, -0.1) is 11.6 Å². The van der Waals surface area contributed by atoms with Gasteiger partial charge < -0.3 is 14.4 Å². The van der Waals surface area contributed by atoms with E-state index in [1.807, 2.05) is 7.05 Å². The highest BCUT2D eigenvalue weighted by Crippen LogP contribution is 2.33. The Balaban J connectivity index is 2.10. The van der Waals surface area contributed by atoms with E-state index in [1.165, 1.54) is 0 Å². The molecule has 0 bridgehead atoms. The van der Waals surface area contributed by atoms with Crippen molar-refractivity contribution in [2.45, 2.75) is 18.2 Å². The number of amides is 1. The first-order valence-corrected chi connectivity index (χ1v) is 7.10. The van der Waals surface area contributed by atoms with Gasteiger partial charge in [0, 0.05) is 19.0 Å². The van der Waals surface area contributed by atoms with Crippen molar-refractivity contribution >= 4 is 17.5 Å². The molecule has 1 amide bonds. The van der Waals surface area contributed by atoms with Gasteiger partial charge in [0.05, 0.1) is 19.8 Å². The van der Waals surface area contributed by atoms with Crippen LogP contribution in [0.5, 0.6) is 11.5 Å². The van der Waals surface area contributed by atoms with Crippen LogP contribution in [0.1, 0.15) is 23.2 Å². The Morgan fingerprint density at radius 2 is 2.05 bits per heavy atom. The van der Waals surface area contributed by atoms with Crippen LogP contribution >= 0.6 is 11.6 Å². The molecule has 1 aromatic carbocycles. The zero-order valence-electron chi connectivity index (χ0n) is 12.1. The Hall–Kier alpha value is -1.42. The van der Waals surface area contributed by atoms with Crippen LogP contribution in [0.25, 0.3) is 0 Å². The van der Waals surface area contributed by atoms with E-state index in [4.69, 9.17) is 21.1 Å². The number of methoxy groups -OCH3 is 2. The molecule has 2 rings (SSSR count). The summed E-state index contributed by atoms with van der Waals surface area (Å²) in [6.07, 6.45) is 1.96. The molecule has 0 aliphatic heterocycles. The minimum Gasteiger partial charge on any atom is -0.497 e. The van der Waals surface area contributed by atoms with Crippen LogP contribution in [0.2, 0.25) is 0 Å². The average Bonchev–Trinajstić information content (AvgIpc) is 2.43. The molecule has 1 aliphatic rings. The molecule has 0 atom stereocenters. The average molecular weight is 298 g/mol. The van der Waals surface area contributed by atoms with Crippen molar-refractivity contribution < 1.29 is 14.3 Å². The largest absolute Gasteiger partial charge is 0.497 e. The Labute approximate surface area is 124 Å². The molecule has 0 saturated heterocycles. The molecule has 5 heteroatoms. The van der Waals surface area contributed by atoms with E-state index in [0.29, 0.717) is 23.0 Å². The fourth-order valence-corrected chi connectivity index (χ4v) is 2.96. The summed E-state index contributed by atoms with van der Waals surface area (Å²) in [5, 5.41) is 0.273. The minimum atomic E-state index is -0.0567. The number of alkyl halides is 1. The summed E-state index contributed by atoms with van der Waals surface area (Å²) in [4.78, 5) is 14.2. The first-order valence-electron chi connectivity index (χ1n) is 6.66. The zero-order chi connectivity index (χ0) is 14.7. The van der Waals surface area contributed by atoms with Crippen LogP contribution in [-0.2, 0) is 0 Å². The van der Waals surface area contributed by atoms with Crippen molar-refractivity contribution in [1.29, 1.82) is 0 Å². The summed E-state index contributed by atoms with van der Waals surface area (Å²) in [7, 11) is 4.94. The standard InChI is InChI=1S/C15H20ClNO3/c1-17(9-10-6-11(16)7-10)15(18)13-8-12(19-2)4-5-14(13)20-3/h4-5,8,10-11H,6-7,9H2,1-3H3. The first kappa shape index (κ1) is 15.0. The number of carbonyl (C=O) groups is 1. The summed E-state index contributed by atoms with van der Waals surface area (Å²) in [6.45, 7) is 0.725. The Morgan fingerprint density at radius 1 is 1.35 bits per heavy atom. The fraction of sp³-hybridized carbons (Fsp3) is 0.533. The molecule has 20 heavy (non-hydrogen) atoms. The number of rotatable bonds is 5. The lowest BCUT2D eigenvalue weighted by atomic mass is 9.84. The highest BCUT2D eigenvalue weighted by molar-refractivity contribution is 6.21. The maximum Gasteiger partial charge on any atom is 0.257 e. The SMILES string of the molecule is COc1ccc(OC)c(C(=O)N(C)CC2CC(Cl)C2)c1. The summed E-state index contributed by atoms with van der Waals surface area (Å²) in [6, 6.07) is 5.24. The lowest BCUT2D eigenvalue weighted by Gasteiger charge is -2.34. The van der Waals surface area contributed by atoms with Gasteiger partial charge >= 0.3 is 0 Å². The fourth-order valence-electron chi connectivity index (χ4n) is 2.46. The number of nitrogens with zero attached hydrogens (tertiary/aromatic N) is 1. The van der Waals surface area contributed by atoms with E-state index in [9.17, 15) is 4.79 Å². The molecule has 0 heterocycles. The maximum absolute atomic E-state index is 12.5. The molecule has 0 spiro atoms. The second kappa shape index (κ2) is 6.35. The molecule has 1 fully saturated rings. The molecule has 0 unspecified atom stereocenters. The van der Waals surface area contributed by atoms with Gasteiger partial charge in [-0.05, 0) is 37.0 Å². The van der Waals surface area contributed by atoms with Crippen LogP contribution in [0.4, 0.5) is 0 Å². The Kier molecular flexibility index (Phi) is 4.76. The van der Waals surface area contributed by atoms with E-state index in [2.05, 4.69) is 0 Å². The minimum absolute atomic E-state index is 0.0567. The first-order chi connectivity index (χ1) is 9.55. The van der Waals surface area contributed by atoms with Gasteiger partial charge in [0.2, 0.25) is 0 Å². The summed E-state index contributed by atoms with van der Waals surface area (Å²) in [5.41, 5.74) is 0.524. The topological polar surface area (TPSA) is 38.8 Å². The molecule has 0 N–H and O–H groups in total. The predicted octanol–water partition coefficient (Wildman–Crippen LogP) is 2.79. The number of hydrogen-bond acceptors (Lipinski definition) is 3. The van der Waals surface area contributed by atoms with E-state index in [-0.39, 0.29) is 11.3 Å². The Morgan fingerprint density at radius 3 is 2.60 bits per heavy atom. The predicted molar refractivity (Wildman–Crippen MR) is 78.9 cm³/mol. The number of hydrogen-bond donors (Lipinski definition) is 0. The number of halogens is 1. The normalized spacial score (nSPS) is 21.0. The third kappa shape index (κ3) is 3.18. The van der Waals surface area contributed by atoms with Gasteiger partial charge in [-0.1, -0.05) is 0 Å². The molecule has 110 valence electrons. The van der Waals surface area contributed by atoms with Crippen molar-refractivity contribution in [1.82, 2.24) is 4.90 Å². The van der Waals surface area contributed by atoms with Crippen molar-refractivity contribution in [2.24, 2.45) is 5.92 Å². The van der Waals surface area contributed by atoms with Gasteiger partial charge in [0.15, 0.2) is 0 Å². The van der Waals surface area contributed by atoms with Crippen LogP contribution in [0.15, 0.2) is 18.2 Å². The van der Waals surface area contributed by atoms with E-state index < -0.39 is 0 Å². The zero-order valence-corrected chi connectivity index (χ0v) is 12.8. The number of benzene rings is 1.